The molecule has 1 unspecified atom stereocenters. The van der Waals surface area contributed by atoms with E-state index in [2.05, 4.69) is 0 Å². The quantitative estimate of drug-likeness (QED) is 0.898. The molecule has 1 aliphatic heterocycles. The zero-order chi connectivity index (χ0) is 14.2. The van der Waals surface area contributed by atoms with Crippen molar-refractivity contribution >= 4 is 17.6 Å². The molecular weight excluding hydrogens is 263 g/mol. The molecule has 0 aliphatic carbocycles. The van der Waals surface area contributed by atoms with Gasteiger partial charge in [0.25, 0.3) is 0 Å². The third-order valence-electron chi connectivity index (χ3n) is 2.92. The summed E-state index contributed by atoms with van der Waals surface area (Å²) in [7, 11) is 0. The molecule has 0 saturated heterocycles. The van der Waals surface area contributed by atoms with Crippen molar-refractivity contribution in [1.82, 2.24) is 0 Å². The van der Waals surface area contributed by atoms with E-state index >= 15 is 0 Å². The van der Waals surface area contributed by atoms with E-state index in [1.54, 1.807) is 12.1 Å². The predicted octanol–water partition coefficient (Wildman–Crippen LogP) is 2.15. The molecule has 1 aromatic carbocycles. The topological polar surface area (TPSA) is 57.6 Å². The van der Waals surface area contributed by atoms with Crippen molar-refractivity contribution in [3.05, 3.63) is 29.8 Å². The average molecular weight is 273 g/mol. The average Bonchev–Trinajstić information content (AvgIpc) is 2.66. The number of alkyl halides is 3. The van der Waals surface area contributed by atoms with Gasteiger partial charge in [-0.1, -0.05) is 18.2 Å². The van der Waals surface area contributed by atoms with Crippen LogP contribution in [0.1, 0.15) is 17.9 Å². The van der Waals surface area contributed by atoms with E-state index in [-0.39, 0.29) is 12.2 Å². The van der Waals surface area contributed by atoms with Crippen molar-refractivity contribution in [3.8, 4) is 0 Å². The fraction of sp³-hybridized carbons (Fsp3) is 0.333. The monoisotopic (exact) mass is 273 g/mol. The Hall–Kier alpha value is -2.05. The van der Waals surface area contributed by atoms with Crippen molar-refractivity contribution in [2.24, 2.45) is 0 Å². The fourth-order valence-corrected chi connectivity index (χ4v) is 2.12. The van der Waals surface area contributed by atoms with Crippen LogP contribution < -0.4 is 4.90 Å². The largest absolute Gasteiger partial charge is 0.481 e. The lowest BCUT2D eigenvalue weighted by Gasteiger charge is -2.18. The smallest absolute Gasteiger partial charge is 0.397 e. The molecule has 1 aliphatic rings. The van der Waals surface area contributed by atoms with Gasteiger partial charge in [0.15, 0.2) is 0 Å². The lowest BCUT2D eigenvalue weighted by Crippen LogP contribution is -2.34. The summed E-state index contributed by atoms with van der Waals surface area (Å²) in [5, 5.41) is 9.03. The Kier molecular flexibility index (Phi) is 3.21. The Morgan fingerprint density at radius 1 is 1.32 bits per heavy atom. The first-order valence-electron chi connectivity index (χ1n) is 5.48. The first-order valence-corrected chi connectivity index (χ1v) is 5.48. The maximum absolute atomic E-state index is 12.2. The number of carbonyl (C=O) groups excluding carboxylic acids is 1. The molecule has 1 aromatic rings. The molecule has 1 heterocycles. The molecule has 7 heteroatoms. The highest BCUT2D eigenvalue weighted by Gasteiger charge is 2.40. The van der Waals surface area contributed by atoms with Crippen LogP contribution in [0.15, 0.2) is 24.3 Å². The maximum atomic E-state index is 12.2. The number of para-hydroxylation sites is 1. The number of fused-ring (bicyclic) bond motifs is 1. The first kappa shape index (κ1) is 13.4. The number of amides is 1. The summed E-state index contributed by atoms with van der Waals surface area (Å²) in [6, 6.07) is 6.10. The van der Waals surface area contributed by atoms with Gasteiger partial charge in [-0.15, -0.1) is 0 Å². The Morgan fingerprint density at radius 2 is 1.95 bits per heavy atom. The zero-order valence-electron chi connectivity index (χ0n) is 9.65. The SMILES string of the molecule is O=C(O)C1CN(C(=O)CC(F)(F)F)c2ccccc21. The lowest BCUT2D eigenvalue weighted by molar-refractivity contribution is -0.151. The van der Waals surface area contributed by atoms with E-state index in [0.29, 0.717) is 5.56 Å². The van der Waals surface area contributed by atoms with Gasteiger partial charge in [0, 0.05) is 12.2 Å². The minimum Gasteiger partial charge on any atom is -0.481 e. The van der Waals surface area contributed by atoms with Crippen LogP contribution in [0.2, 0.25) is 0 Å². The van der Waals surface area contributed by atoms with Gasteiger partial charge in [0.05, 0.1) is 0 Å². The number of carboxylic acids is 1. The second-order valence-electron chi connectivity index (χ2n) is 4.25. The summed E-state index contributed by atoms with van der Waals surface area (Å²) in [6.07, 6.45) is -6.19. The van der Waals surface area contributed by atoms with E-state index in [9.17, 15) is 22.8 Å². The molecule has 4 nitrogen and oxygen atoms in total. The Balaban J connectivity index is 2.30. The van der Waals surface area contributed by atoms with Crippen molar-refractivity contribution in [2.45, 2.75) is 18.5 Å². The summed E-state index contributed by atoms with van der Waals surface area (Å²) in [5.41, 5.74) is 0.606. The molecule has 0 spiro atoms. The molecular formula is C12H10F3NO3. The molecule has 0 radical (unpaired) electrons. The summed E-state index contributed by atoms with van der Waals surface area (Å²) >= 11 is 0. The van der Waals surface area contributed by atoms with E-state index in [1.807, 2.05) is 0 Å². The Morgan fingerprint density at radius 3 is 2.53 bits per heavy atom. The summed E-state index contributed by atoms with van der Waals surface area (Å²) in [6.45, 7) is -0.260. The molecule has 0 bridgehead atoms. The number of hydrogen-bond donors (Lipinski definition) is 1. The van der Waals surface area contributed by atoms with Crippen LogP contribution in [0.5, 0.6) is 0 Å². The van der Waals surface area contributed by atoms with Crippen molar-refractivity contribution < 1.29 is 27.9 Å². The van der Waals surface area contributed by atoms with Gasteiger partial charge in [-0.3, -0.25) is 9.59 Å². The number of hydrogen-bond acceptors (Lipinski definition) is 2. The highest BCUT2D eigenvalue weighted by molar-refractivity contribution is 5.99. The molecule has 102 valence electrons. The van der Waals surface area contributed by atoms with E-state index in [1.165, 1.54) is 12.1 Å². The molecule has 1 N–H and O–H groups in total. The number of carboxylic acid groups (broad SMARTS) is 1. The standard InChI is InChI=1S/C12H10F3NO3/c13-12(14,15)5-10(17)16-6-8(11(18)19)7-3-1-2-4-9(7)16/h1-4,8H,5-6H2,(H,18,19). The summed E-state index contributed by atoms with van der Waals surface area (Å²) in [5.74, 6) is -3.27. The third kappa shape index (κ3) is 2.69. The van der Waals surface area contributed by atoms with E-state index < -0.39 is 30.4 Å². The molecule has 2 rings (SSSR count). The maximum Gasteiger partial charge on any atom is 0.397 e. The van der Waals surface area contributed by atoms with Crippen molar-refractivity contribution in [3.63, 3.8) is 0 Å². The third-order valence-corrected chi connectivity index (χ3v) is 2.92. The lowest BCUT2D eigenvalue weighted by atomic mass is 10.0. The number of anilines is 1. The van der Waals surface area contributed by atoms with Crippen molar-refractivity contribution in [1.29, 1.82) is 0 Å². The minimum atomic E-state index is -4.60. The highest BCUT2D eigenvalue weighted by Crippen LogP contribution is 2.37. The number of nitrogens with zero attached hydrogens (tertiary/aromatic N) is 1. The molecule has 1 atom stereocenters. The molecule has 1 amide bonds. The minimum absolute atomic E-state index is 0.240. The second kappa shape index (κ2) is 4.56. The normalized spacial score (nSPS) is 18.3. The van der Waals surface area contributed by atoms with Crippen LogP contribution in [-0.2, 0) is 9.59 Å². The molecule has 0 aromatic heterocycles. The van der Waals surface area contributed by atoms with Crippen LogP contribution in [0, 0.1) is 0 Å². The molecule has 19 heavy (non-hydrogen) atoms. The number of benzene rings is 1. The van der Waals surface area contributed by atoms with Gasteiger partial charge in [-0.25, -0.2) is 0 Å². The van der Waals surface area contributed by atoms with E-state index in [0.717, 1.165) is 4.90 Å². The predicted molar refractivity (Wildman–Crippen MR) is 59.8 cm³/mol. The molecule has 0 fully saturated rings. The van der Waals surface area contributed by atoms with Gasteiger partial charge in [-0.2, -0.15) is 13.2 Å². The van der Waals surface area contributed by atoms with Crippen molar-refractivity contribution in [2.75, 3.05) is 11.4 Å². The van der Waals surface area contributed by atoms with Gasteiger partial charge in [0.1, 0.15) is 12.3 Å². The number of aliphatic carboxylic acids is 1. The summed E-state index contributed by atoms with van der Waals surface area (Å²) in [4.78, 5) is 23.6. The zero-order valence-corrected chi connectivity index (χ0v) is 9.65. The van der Waals surface area contributed by atoms with Gasteiger partial charge < -0.3 is 10.0 Å². The number of halogens is 3. The number of rotatable bonds is 2. The van der Waals surface area contributed by atoms with Crippen LogP contribution in [0.3, 0.4) is 0 Å². The van der Waals surface area contributed by atoms with Gasteiger partial charge >= 0.3 is 12.1 Å². The first-order chi connectivity index (χ1) is 8.79. The second-order valence-corrected chi connectivity index (χ2v) is 4.25. The van der Waals surface area contributed by atoms with Crippen LogP contribution >= 0.6 is 0 Å². The van der Waals surface area contributed by atoms with Crippen LogP contribution in [0.4, 0.5) is 18.9 Å². The van der Waals surface area contributed by atoms with Crippen LogP contribution in [-0.4, -0.2) is 29.7 Å². The van der Waals surface area contributed by atoms with Gasteiger partial charge in [0.2, 0.25) is 5.91 Å². The van der Waals surface area contributed by atoms with Crippen LogP contribution in [0.25, 0.3) is 0 Å². The van der Waals surface area contributed by atoms with Gasteiger partial charge in [-0.05, 0) is 11.6 Å². The Labute approximate surface area is 106 Å². The fourth-order valence-electron chi connectivity index (χ4n) is 2.12. The number of carbonyl (C=O) groups is 2. The molecule has 0 saturated carbocycles. The van der Waals surface area contributed by atoms with E-state index in [4.69, 9.17) is 5.11 Å². The highest BCUT2D eigenvalue weighted by atomic mass is 19.4. The Bertz CT molecular complexity index is 527. The summed E-state index contributed by atoms with van der Waals surface area (Å²) < 4.78 is 36.7.